The van der Waals surface area contributed by atoms with Crippen LogP contribution >= 0.6 is 34.8 Å². The largest absolute Gasteiger partial charge is 0.379 e. The molecule has 0 bridgehead atoms. The molecule has 7 heteroatoms. The highest BCUT2D eigenvalue weighted by molar-refractivity contribution is 6.35. The molecule has 2 aromatic rings. The Bertz CT molecular complexity index is 683. The number of benzene rings is 1. The highest BCUT2D eigenvalue weighted by atomic mass is 35.5. The fraction of sp³-hybridized carbons (Fsp3) is 0.357. The van der Waals surface area contributed by atoms with Gasteiger partial charge in [0.2, 0.25) is 0 Å². The average molecular weight is 352 g/mol. The Kier molecular flexibility index (Phi) is 4.54. The Hall–Kier alpha value is -0.810. The van der Waals surface area contributed by atoms with Gasteiger partial charge in [0.05, 0.1) is 21.9 Å². The molecular formula is C14H14Cl3FN2O. The summed E-state index contributed by atoms with van der Waals surface area (Å²) in [6.07, 6.45) is 1.44. The van der Waals surface area contributed by atoms with E-state index in [1.165, 1.54) is 19.2 Å². The van der Waals surface area contributed by atoms with Gasteiger partial charge < -0.3 is 5.11 Å². The van der Waals surface area contributed by atoms with Crippen LogP contribution in [0.3, 0.4) is 0 Å². The van der Waals surface area contributed by atoms with Crippen LogP contribution in [0.2, 0.25) is 15.1 Å². The summed E-state index contributed by atoms with van der Waals surface area (Å²) in [5, 5.41) is 15.4. The predicted octanol–water partition coefficient (Wildman–Crippen LogP) is 4.82. The van der Waals surface area contributed by atoms with Crippen LogP contribution < -0.4 is 0 Å². The molecular weight excluding hydrogens is 338 g/mol. The fourth-order valence-corrected chi connectivity index (χ4v) is 3.09. The molecule has 1 heterocycles. The summed E-state index contributed by atoms with van der Waals surface area (Å²) in [7, 11) is 0. The second-order valence-corrected chi connectivity index (χ2v) is 6.42. The van der Waals surface area contributed by atoms with Crippen molar-refractivity contribution < 1.29 is 9.50 Å². The van der Waals surface area contributed by atoms with Crippen molar-refractivity contribution in [2.24, 2.45) is 0 Å². The van der Waals surface area contributed by atoms with Gasteiger partial charge in [0.15, 0.2) is 0 Å². The van der Waals surface area contributed by atoms with E-state index in [0.29, 0.717) is 5.69 Å². The summed E-state index contributed by atoms with van der Waals surface area (Å²) >= 11 is 17.9. The van der Waals surface area contributed by atoms with Crippen molar-refractivity contribution in [1.82, 2.24) is 9.78 Å². The summed E-state index contributed by atoms with van der Waals surface area (Å²) in [5.41, 5.74) is -1.08. The van der Waals surface area contributed by atoms with Crippen molar-refractivity contribution in [1.29, 1.82) is 0 Å². The smallest absolute Gasteiger partial charge is 0.142 e. The van der Waals surface area contributed by atoms with E-state index < -0.39 is 11.4 Å². The quantitative estimate of drug-likeness (QED) is 0.805. The van der Waals surface area contributed by atoms with Gasteiger partial charge in [-0.1, -0.05) is 34.8 Å². The van der Waals surface area contributed by atoms with Crippen LogP contribution in [-0.2, 0) is 5.60 Å². The van der Waals surface area contributed by atoms with E-state index >= 15 is 0 Å². The minimum absolute atomic E-state index is 0.0325. The van der Waals surface area contributed by atoms with E-state index in [4.69, 9.17) is 34.8 Å². The average Bonchev–Trinajstić information content (AvgIpc) is 2.76. The Balaban J connectivity index is 2.68. The molecule has 0 amide bonds. The topological polar surface area (TPSA) is 38.0 Å². The van der Waals surface area contributed by atoms with Crippen LogP contribution in [0.25, 0.3) is 0 Å². The summed E-state index contributed by atoms with van der Waals surface area (Å²) < 4.78 is 15.3. The maximum atomic E-state index is 13.7. The normalized spacial score (nSPS) is 14.5. The predicted molar refractivity (Wildman–Crippen MR) is 82.7 cm³/mol. The number of hydrogen-bond acceptors (Lipinski definition) is 2. The molecule has 0 aliphatic heterocycles. The van der Waals surface area contributed by atoms with E-state index in [1.807, 2.05) is 13.8 Å². The third-order valence-electron chi connectivity index (χ3n) is 3.24. The lowest BCUT2D eigenvalue weighted by molar-refractivity contribution is 0.0899. The fourth-order valence-electron chi connectivity index (χ4n) is 2.21. The maximum absolute atomic E-state index is 13.7. The minimum Gasteiger partial charge on any atom is -0.379 e. The molecule has 1 atom stereocenters. The lowest BCUT2D eigenvalue weighted by Crippen LogP contribution is -2.28. The monoisotopic (exact) mass is 350 g/mol. The zero-order valence-electron chi connectivity index (χ0n) is 11.7. The number of halogens is 4. The molecule has 3 nitrogen and oxygen atoms in total. The molecule has 0 spiro atoms. The van der Waals surface area contributed by atoms with E-state index in [-0.39, 0.29) is 26.7 Å². The standard InChI is InChI=1S/C14H14Cl3FN2O/c1-7(2)20-13(11(17)6-19-20)14(3,21)8-4-12(18)10(16)5-9(8)15/h4-7,21H,1-3H3. The zero-order chi connectivity index (χ0) is 15.9. The first kappa shape index (κ1) is 16.6. The zero-order valence-corrected chi connectivity index (χ0v) is 13.9. The van der Waals surface area contributed by atoms with Gasteiger partial charge in [0.1, 0.15) is 11.4 Å². The summed E-state index contributed by atoms with van der Waals surface area (Å²) in [6, 6.07) is 2.33. The number of aliphatic hydroxyl groups is 1. The molecule has 1 N–H and O–H groups in total. The first-order valence-corrected chi connectivity index (χ1v) is 7.40. The van der Waals surface area contributed by atoms with Gasteiger partial charge in [-0.3, -0.25) is 4.68 Å². The third-order valence-corrected chi connectivity index (χ3v) is 4.11. The van der Waals surface area contributed by atoms with Crippen LogP contribution in [0, 0.1) is 5.82 Å². The molecule has 0 saturated carbocycles. The molecule has 0 saturated heterocycles. The van der Waals surface area contributed by atoms with Crippen molar-refractivity contribution >= 4 is 34.8 Å². The van der Waals surface area contributed by atoms with E-state index in [0.717, 1.165) is 6.07 Å². The molecule has 0 aliphatic carbocycles. The highest BCUT2D eigenvalue weighted by Crippen LogP contribution is 2.39. The first-order valence-electron chi connectivity index (χ1n) is 6.27. The van der Waals surface area contributed by atoms with E-state index in [2.05, 4.69) is 5.10 Å². The molecule has 114 valence electrons. The minimum atomic E-state index is -1.61. The third kappa shape index (κ3) is 2.90. The lowest BCUT2D eigenvalue weighted by Gasteiger charge is -2.28. The Morgan fingerprint density at radius 2 is 1.81 bits per heavy atom. The van der Waals surface area contributed by atoms with Gasteiger partial charge in [-0.25, -0.2) is 4.39 Å². The van der Waals surface area contributed by atoms with Crippen molar-refractivity contribution in [3.8, 4) is 0 Å². The SMILES string of the molecule is CC(C)n1ncc(Cl)c1C(C)(O)c1cc(F)c(Cl)cc1Cl. The molecule has 2 rings (SSSR count). The van der Waals surface area contributed by atoms with Crippen LogP contribution in [0.15, 0.2) is 18.3 Å². The second-order valence-electron chi connectivity index (χ2n) is 5.20. The number of rotatable bonds is 3. The molecule has 0 radical (unpaired) electrons. The Labute approximate surface area is 137 Å². The highest BCUT2D eigenvalue weighted by Gasteiger charge is 2.35. The van der Waals surface area contributed by atoms with Crippen molar-refractivity contribution in [2.45, 2.75) is 32.4 Å². The molecule has 1 aromatic heterocycles. The van der Waals surface area contributed by atoms with Crippen LogP contribution in [-0.4, -0.2) is 14.9 Å². The van der Waals surface area contributed by atoms with Gasteiger partial charge >= 0.3 is 0 Å². The Morgan fingerprint density at radius 3 is 2.38 bits per heavy atom. The molecule has 0 aliphatic rings. The van der Waals surface area contributed by atoms with E-state index in [1.54, 1.807) is 4.68 Å². The van der Waals surface area contributed by atoms with Crippen molar-refractivity contribution in [2.75, 3.05) is 0 Å². The van der Waals surface area contributed by atoms with Crippen LogP contribution in [0.5, 0.6) is 0 Å². The molecule has 1 unspecified atom stereocenters. The lowest BCUT2D eigenvalue weighted by atomic mass is 9.92. The van der Waals surface area contributed by atoms with Crippen molar-refractivity contribution in [3.05, 3.63) is 50.5 Å². The molecule has 21 heavy (non-hydrogen) atoms. The molecule has 0 fully saturated rings. The van der Waals surface area contributed by atoms with Gasteiger partial charge in [0.25, 0.3) is 0 Å². The first-order chi connectivity index (χ1) is 9.66. The summed E-state index contributed by atoms with van der Waals surface area (Å²) in [5.74, 6) is -0.664. The molecule has 1 aromatic carbocycles. The van der Waals surface area contributed by atoms with Crippen LogP contribution in [0.4, 0.5) is 4.39 Å². The number of nitrogens with zero attached hydrogens (tertiary/aromatic N) is 2. The van der Waals surface area contributed by atoms with Gasteiger partial charge in [-0.2, -0.15) is 5.10 Å². The number of aromatic nitrogens is 2. The van der Waals surface area contributed by atoms with Gasteiger partial charge in [-0.05, 0) is 32.9 Å². The number of hydrogen-bond donors (Lipinski definition) is 1. The van der Waals surface area contributed by atoms with Gasteiger partial charge in [0, 0.05) is 16.6 Å². The maximum Gasteiger partial charge on any atom is 0.142 e. The van der Waals surface area contributed by atoms with Gasteiger partial charge in [-0.15, -0.1) is 0 Å². The van der Waals surface area contributed by atoms with Crippen LogP contribution in [0.1, 0.15) is 38.1 Å². The summed E-state index contributed by atoms with van der Waals surface area (Å²) in [6.45, 7) is 5.28. The Morgan fingerprint density at radius 1 is 1.19 bits per heavy atom. The summed E-state index contributed by atoms with van der Waals surface area (Å²) in [4.78, 5) is 0. The second kappa shape index (κ2) is 5.76. The van der Waals surface area contributed by atoms with E-state index in [9.17, 15) is 9.50 Å². The van der Waals surface area contributed by atoms with Crippen molar-refractivity contribution in [3.63, 3.8) is 0 Å².